The van der Waals surface area contributed by atoms with E-state index in [1.807, 2.05) is 30.3 Å². The van der Waals surface area contributed by atoms with Crippen LogP contribution in [0.1, 0.15) is 32.1 Å². The van der Waals surface area contributed by atoms with E-state index in [1.165, 1.54) is 6.42 Å². The van der Waals surface area contributed by atoms with Crippen LogP contribution in [0.15, 0.2) is 30.3 Å². The molecule has 1 fully saturated rings. The summed E-state index contributed by atoms with van der Waals surface area (Å²) in [6.45, 7) is 1.32. The standard InChI is InChI=1S/C15H21NO2/c17-14(8-4-9-15-10-5-11-18-15)12-16-13-6-2-1-3-7-13/h1-3,6-7,15-16H,4-5,8-12H2. The first-order valence-corrected chi connectivity index (χ1v) is 6.77. The highest BCUT2D eigenvalue weighted by atomic mass is 16.5. The quantitative estimate of drug-likeness (QED) is 0.805. The fraction of sp³-hybridized carbons (Fsp3) is 0.533. The minimum Gasteiger partial charge on any atom is -0.378 e. The Bertz CT molecular complexity index is 358. The Morgan fingerprint density at radius 2 is 2.17 bits per heavy atom. The third kappa shape index (κ3) is 4.49. The van der Waals surface area contributed by atoms with E-state index in [9.17, 15) is 4.79 Å². The molecular formula is C15H21NO2. The minimum absolute atomic E-state index is 0.275. The van der Waals surface area contributed by atoms with E-state index >= 15 is 0 Å². The average molecular weight is 247 g/mol. The summed E-state index contributed by atoms with van der Waals surface area (Å²) in [5, 5.41) is 3.14. The maximum atomic E-state index is 11.7. The molecule has 1 N–H and O–H groups in total. The van der Waals surface area contributed by atoms with Crippen LogP contribution in [0.4, 0.5) is 5.69 Å². The number of anilines is 1. The molecule has 1 atom stereocenters. The van der Waals surface area contributed by atoms with Crippen molar-refractivity contribution in [3.63, 3.8) is 0 Å². The molecule has 1 aliphatic heterocycles. The summed E-state index contributed by atoms with van der Waals surface area (Å²) < 4.78 is 5.54. The molecule has 0 amide bonds. The third-order valence-electron chi connectivity index (χ3n) is 3.27. The molecule has 0 aromatic heterocycles. The Morgan fingerprint density at radius 3 is 2.89 bits per heavy atom. The number of para-hydroxylation sites is 1. The number of carbonyl (C=O) groups excluding carboxylic acids is 1. The van der Waals surface area contributed by atoms with Gasteiger partial charge in [0.25, 0.3) is 0 Å². The van der Waals surface area contributed by atoms with Gasteiger partial charge in [-0.25, -0.2) is 0 Å². The molecule has 1 aliphatic rings. The Hall–Kier alpha value is -1.35. The second-order valence-corrected chi connectivity index (χ2v) is 4.79. The number of Topliss-reactive ketones (excluding diaryl/α,β-unsaturated/α-hetero) is 1. The van der Waals surface area contributed by atoms with Gasteiger partial charge in [0.1, 0.15) is 0 Å². The SMILES string of the molecule is O=C(CCCC1CCCO1)CNc1ccccc1. The molecule has 1 aromatic carbocycles. The smallest absolute Gasteiger partial charge is 0.151 e. The predicted octanol–water partition coefficient (Wildman–Crippen LogP) is 3.02. The number of nitrogens with one attached hydrogen (secondary N) is 1. The van der Waals surface area contributed by atoms with E-state index in [2.05, 4.69) is 5.32 Å². The highest BCUT2D eigenvalue weighted by Crippen LogP contribution is 2.17. The van der Waals surface area contributed by atoms with Crippen molar-refractivity contribution in [2.75, 3.05) is 18.5 Å². The number of ketones is 1. The van der Waals surface area contributed by atoms with Crippen molar-refractivity contribution in [2.45, 2.75) is 38.2 Å². The summed E-state index contributed by atoms with van der Waals surface area (Å²) >= 11 is 0. The zero-order valence-electron chi connectivity index (χ0n) is 10.7. The van der Waals surface area contributed by atoms with Crippen LogP contribution >= 0.6 is 0 Å². The lowest BCUT2D eigenvalue weighted by atomic mass is 10.1. The lowest BCUT2D eigenvalue weighted by molar-refractivity contribution is -0.117. The molecule has 2 rings (SSSR count). The molecule has 1 unspecified atom stereocenters. The topological polar surface area (TPSA) is 38.3 Å². The van der Waals surface area contributed by atoms with Gasteiger partial charge in [-0.1, -0.05) is 18.2 Å². The molecule has 3 heteroatoms. The molecule has 0 spiro atoms. The molecule has 1 saturated heterocycles. The fourth-order valence-corrected chi connectivity index (χ4v) is 2.24. The Kier molecular flexibility index (Phi) is 5.21. The molecule has 0 radical (unpaired) electrons. The molecule has 0 aliphatic carbocycles. The van der Waals surface area contributed by atoms with Gasteiger partial charge in [0.15, 0.2) is 5.78 Å². The van der Waals surface area contributed by atoms with E-state index in [0.717, 1.165) is 31.6 Å². The molecular weight excluding hydrogens is 226 g/mol. The summed E-state index contributed by atoms with van der Waals surface area (Å²) in [6, 6.07) is 9.84. The molecule has 18 heavy (non-hydrogen) atoms. The van der Waals surface area contributed by atoms with Crippen LogP contribution in [0, 0.1) is 0 Å². The molecule has 1 heterocycles. The number of rotatable bonds is 7. The van der Waals surface area contributed by atoms with Gasteiger partial charge >= 0.3 is 0 Å². The zero-order valence-corrected chi connectivity index (χ0v) is 10.7. The fourth-order valence-electron chi connectivity index (χ4n) is 2.24. The van der Waals surface area contributed by atoms with Gasteiger partial charge in [0.2, 0.25) is 0 Å². The number of benzene rings is 1. The highest BCUT2D eigenvalue weighted by molar-refractivity contribution is 5.82. The van der Waals surface area contributed by atoms with Crippen molar-refractivity contribution in [2.24, 2.45) is 0 Å². The van der Waals surface area contributed by atoms with Crippen LogP contribution in [-0.2, 0) is 9.53 Å². The summed E-state index contributed by atoms with van der Waals surface area (Å²) in [5.41, 5.74) is 1.00. The van der Waals surface area contributed by atoms with Crippen molar-refractivity contribution in [3.05, 3.63) is 30.3 Å². The van der Waals surface area contributed by atoms with Crippen LogP contribution in [0.3, 0.4) is 0 Å². The van der Waals surface area contributed by atoms with Gasteiger partial charge in [-0.15, -0.1) is 0 Å². The number of carbonyl (C=O) groups is 1. The third-order valence-corrected chi connectivity index (χ3v) is 3.27. The van der Waals surface area contributed by atoms with E-state index < -0.39 is 0 Å². The van der Waals surface area contributed by atoms with Crippen LogP contribution in [-0.4, -0.2) is 25.0 Å². The minimum atomic E-state index is 0.275. The summed E-state index contributed by atoms with van der Waals surface area (Å²) in [6.07, 6.45) is 5.36. The van der Waals surface area contributed by atoms with Gasteiger partial charge in [-0.3, -0.25) is 4.79 Å². The number of hydrogen-bond acceptors (Lipinski definition) is 3. The van der Waals surface area contributed by atoms with Crippen molar-refractivity contribution < 1.29 is 9.53 Å². The number of hydrogen-bond donors (Lipinski definition) is 1. The van der Waals surface area contributed by atoms with Gasteiger partial charge in [-0.2, -0.15) is 0 Å². The first kappa shape index (κ1) is 13.1. The second kappa shape index (κ2) is 7.17. The van der Waals surface area contributed by atoms with Crippen LogP contribution < -0.4 is 5.32 Å². The van der Waals surface area contributed by atoms with E-state index in [4.69, 9.17) is 4.74 Å². The van der Waals surface area contributed by atoms with Crippen LogP contribution in [0.2, 0.25) is 0 Å². The van der Waals surface area contributed by atoms with E-state index in [0.29, 0.717) is 19.1 Å². The molecule has 0 saturated carbocycles. The van der Waals surface area contributed by atoms with Gasteiger partial charge in [0.05, 0.1) is 12.6 Å². The molecule has 1 aromatic rings. The predicted molar refractivity (Wildman–Crippen MR) is 72.8 cm³/mol. The molecule has 0 bridgehead atoms. The lowest BCUT2D eigenvalue weighted by Crippen LogP contribution is -2.14. The maximum absolute atomic E-state index is 11.7. The lowest BCUT2D eigenvalue weighted by Gasteiger charge is -2.09. The first-order valence-electron chi connectivity index (χ1n) is 6.77. The summed E-state index contributed by atoms with van der Waals surface area (Å²) in [5.74, 6) is 0.275. The van der Waals surface area contributed by atoms with E-state index in [1.54, 1.807) is 0 Å². The summed E-state index contributed by atoms with van der Waals surface area (Å²) in [7, 11) is 0. The Labute approximate surface area is 109 Å². The maximum Gasteiger partial charge on any atom is 0.151 e. The van der Waals surface area contributed by atoms with Crippen LogP contribution in [0.5, 0.6) is 0 Å². The Morgan fingerprint density at radius 1 is 1.33 bits per heavy atom. The largest absolute Gasteiger partial charge is 0.378 e. The van der Waals surface area contributed by atoms with Gasteiger partial charge < -0.3 is 10.1 Å². The van der Waals surface area contributed by atoms with Crippen LogP contribution in [0.25, 0.3) is 0 Å². The van der Waals surface area contributed by atoms with E-state index in [-0.39, 0.29) is 5.78 Å². The second-order valence-electron chi connectivity index (χ2n) is 4.79. The average Bonchev–Trinajstić information content (AvgIpc) is 2.91. The molecule has 98 valence electrons. The normalized spacial score (nSPS) is 18.8. The van der Waals surface area contributed by atoms with Crippen molar-refractivity contribution >= 4 is 11.5 Å². The van der Waals surface area contributed by atoms with Gasteiger partial charge in [-0.05, 0) is 37.8 Å². The number of ether oxygens (including phenoxy) is 1. The zero-order chi connectivity index (χ0) is 12.6. The highest BCUT2D eigenvalue weighted by Gasteiger charge is 2.15. The molecule has 3 nitrogen and oxygen atoms in total. The monoisotopic (exact) mass is 247 g/mol. The first-order chi connectivity index (χ1) is 8.84. The van der Waals surface area contributed by atoms with Crippen molar-refractivity contribution in [3.8, 4) is 0 Å². The van der Waals surface area contributed by atoms with Crippen molar-refractivity contribution in [1.29, 1.82) is 0 Å². The summed E-state index contributed by atoms with van der Waals surface area (Å²) in [4.78, 5) is 11.7. The van der Waals surface area contributed by atoms with Crippen molar-refractivity contribution in [1.82, 2.24) is 0 Å². The van der Waals surface area contributed by atoms with Gasteiger partial charge in [0, 0.05) is 18.7 Å². The Balaban J connectivity index is 1.57.